The molecule has 0 N–H and O–H groups in total. The minimum Gasteiger partial charge on any atom is -0.418 e. The Bertz CT molecular complexity index is 272. The first kappa shape index (κ1) is 28.0. The van der Waals surface area contributed by atoms with Crippen LogP contribution >= 0.6 is 0 Å². The van der Waals surface area contributed by atoms with Crippen LogP contribution in [0.4, 0.5) is 17.3 Å². The predicted octanol–water partition coefficient (Wildman–Crippen LogP) is 7.86. The fraction of sp³-hybridized carbons (Fsp3) is 1.00. The first-order chi connectivity index (χ1) is 12.1. The lowest BCUT2D eigenvalue weighted by atomic mass is 10.0. The zero-order valence-electron chi connectivity index (χ0n) is 17.9. The van der Waals surface area contributed by atoms with Gasteiger partial charge < -0.3 is 21.7 Å². The van der Waals surface area contributed by atoms with Crippen LogP contribution in [-0.4, -0.2) is 39.4 Å². The summed E-state index contributed by atoms with van der Waals surface area (Å²) < 4.78 is 40.1. The molecule has 0 rings (SSSR count). The van der Waals surface area contributed by atoms with Crippen LogP contribution in [0.3, 0.4) is 0 Å². The molecule has 0 unspecified atom stereocenters. The molecule has 0 aromatic rings. The number of nitrogens with zero attached hydrogens (tertiary/aromatic N) is 1. The van der Waals surface area contributed by atoms with Crippen molar-refractivity contribution in [1.29, 1.82) is 0 Å². The molecule has 0 saturated heterocycles. The third-order valence-electron chi connectivity index (χ3n) is 4.43. The molecule has 0 bridgehead atoms. The summed E-state index contributed by atoms with van der Waals surface area (Å²) in [4.78, 5) is 0. The number of unbranched alkanes of at least 4 members (excludes halogenated alkanes) is 14. The summed E-state index contributed by atoms with van der Waals surface area (Å²) in [5.74, 6) is 0. The summed E-state index contributed by atoms with van der Waals surface area (Å²) in [6, 6.07) is 0. The van der Waals surface area contributed by atoms with Gasteiger partial charge >= 0.3 is 7.25 Å². The van der Waals surface area contributed by atoms with Crippen molar-refractivity contribution in [3.63, 3.8) is 0 Å². The zero-order valence-corrected chi connectivity index (χ0v) is 17.9. The van der Waals surface area contributed by atoms with E-state index in [1.807, 2.05) is 0 Å². The largest absolute Gasteiger partial charge is 0.673 e. The molecule has 0 heterocycles. The lowest BCUT2D eigenvalue weighted by Crippen LogP contribution is -2.35. The van der Waals surface area contributed by atoms with Crippen LogP contribution in [0.25, 0.3) is 0 Å². The third kappa shape index (κ3) is 39.0. The molecule has 0 aliphatic heterocycles. The Hall–Kier alpha value is -0.255. The second kappa shape index (κ2) is 18.1. The van der Waals surface area contributed by atoms with Crippen LogP contribution in [0.15, 0.2) is 0 Å². The van der Waals surface area contributed by atoms with Crippen molar-refractivity contribution in [3.8, 4) is 0 Å². The minimum atomic E-state index is -6.00. The molecule has 0 spiro atoms. The van der Waals surface area contributed by atoms with E-state index in [9.17, 15) is 17.3 Å². The topological polar surface area (TPSA) is 0 Å². The van der Waals surface area contributed by atoms with Crippen molar-refractivity contribution < 1.29 is 21.7 Å². The van der Waals surface area contributed by atoms with Gasteiger partial charge in [0.1, 0.15) is 0 Å². The average molecular weight is 385 g/mol. The lowest BCUT2D eigenvalue weighted by molar-refractivity contribution is -0.870. The van der Waals surface area contributed by atoms with E-state index in [2.05, 4.69) is 28.1 Å². The number of rotatable bonds is 16. The van der Waals surface area contributed by atoms with E-state index in [1.165, 1.54) is 103 Å². The summed E-state index contributed by atoms with van der Waals surface area (Å²) in [5, 5.41) is 0. The molecule has 1 nitrogen and oxygen atoms in total. The molecule has 0 aromatic carbocycles. The molecule has 0 amide bonds. The molecule has 0 fully saturated rings. The number of halogens is 4. The summed E-state index contributed by atoms with van der Waals surface area (Å²) in [7, 11) is 0.886. The van der Waals surface area contributed by atoms with E-state index in [0.717, 1.165) is 4.48 Å². The van der Waals surface area contributed by atoms with E-state index in [-0.39, 0.29) is 0 Å². The maximum Gasteiger partial charge on any atom is 0.673 e. The molecule has 0 aliphatic carbocycles. The monoisotopic (exact) mass is 385 g/mol. The van der Waals surface area contributed by atoms with Gasteiger partial charge in [-0.25, -0.2) is 0 Å². The maximum atomic E-state index is 9.75. The van der Waals surface area contributed by atoms with Gasteiger partial charge in [0.15, 0.2) is 0 Å². The summed E-state index contributed by atoms with van der Waals surface area (Å²) in [6.07, 6.45) is 21.9. The van der Waals surface area contributed by atoms with Crippen molar-refractivity contribution >= 4 is 7.25 Å². The van der Waals surface area contributed by atoms with Gasteiger partial charge in [0, 0.05) is 0 Å². The van der Waals surface area contributed by atoms with Gasteiger partial charge in [-0.3, -0.25) is 0 Å². The minimum absolute atomic E-state index is 1.12. The van der Waals surface area contributed by atoms with Gasteiger partial charge in [-0.05, 0) is 12.8 Å². The Morgan fingerprint density at radius 1 is 0.500 bits per heavy atom. The first-order valence-electron chi connectivity index (χ1n) is 10.7. The summed E-state index contributed by atoms with van der Waals surface area (Å²) in [6.45, 7) is 3.63. The van der Waals surface area contributed by atoms with Crippen molar-refractivity contribution in [2.75, 3.05) is 27.7 Å². The molecule has 160 valence electrons. The molecular weight excluding hydrogens is 341 g/mol. The van der Waals surface area contributed by atoms with Crippen LogP contribution in [0.1, 0.15) is 103 Å². The highest BCUT2D eigenvalue weighted by molar-refractivity contribution is 6.50. The highest BCUT2D eigenvalue weighted by Crippen LogP contribution is 2.13. The van der Waals surface area contributed by atoms with Gasteiger partial charge in [0.05, 0.1) is 27.7 Å². The van der Waals surface area contributed by atoms with Crippen LogP contribution in [0.2, 0.25) is 0 Å². The van der Waals surface area contributed by atoms with E-state index in [4.69, 9.17) is 0 Å². The third-order valence-corrected chi connectivity index (χ3v) is 4.43. The number of hydrogen-bond donors (Lipinski definition) is 0. The normalized spacial score (nSPS) is 12.0. The van der Waals surface area contributed by atoms with E-state index in [0.29, 0.717) is 0 Å². The van der Waals surface area contributed by atoms with Crippen LogP contribution < -0.4 is 0 Å². The fourth-order valence-electron chi connectivity index (χ4n) is 2.96. The zero-order chi connectivity index (χ0) is 20.3. The molecule has 6 heteroatoms. The molecule has 0 atom stereocenters. The fourth-order valence-corrected chi connectivity index (χ4v) is 2.96. The highest BCUT2D eigenvalue weighted by atomic mass is 19.5. The van der Waals surface area contributed by atoms with Crippen molar-refractivity contribution in [3.05, 3.63) is 0 Å². The first-order valence-corrected chi connectivity index (χ1v) is 10.7. The molecule has 0 saturated carbocycles. The molecule has 0 aliphatic rings. The second-order valence-electron chi connectivity index (χ2n) is 8.46. The van der Waals surface area contributed by atoms with Crippen LogP contribution in [-0.2, 0) is 0 Å². The predicted molar refractivity (Wildman–Crippen MR) is 108 cm³/mol. The standard InChI is InChI=1S/C20H44N.BF4/c1-5-6-7-8-9-10-11-12-13-14-15-16-17-18-19-20-21(2,3)4;2-1(3,4)5/h5-20H2,1-4H3;/q+1;-1. The average Bonchev–Trinajstić information content (AvgIpc) is 2.48. The number of hydrogen-bond acceptors (Lipinski definition) is 0. The van der Waals surface area contributed by atoms with E-state index in [1.54, 1.807) is 0 Å². The van der Waals surface area contributed by atoms with Crippen LogP contribution in [0.5, 0.6) is 0 Å². The van der Waals surface area contributed by atoms with Crippen molar-refractivity contribution in [1.82, 2.24) is 0 Å². The molecular formula is C20H44BF4N. The molecule has 0 aromatic heterocycles. The van der Waals surface area contributed by atoms with Gasteiger partial charge in [-0.2, -0.15) is 0 Å². The molecule has 26 heavy (non-hydrogen) atoms. The Kier molecular flexibility index (Phi) is 19.5. The van der Waals surface area contributed by atoms with Gasteiger partial charge in [0.2, 0.25) is 0 Å². The van der Waals surface area contributed by atoms with E-state index >= 15 is 0 Å². The summed E-state index contributed by atoms with van der Waals surface area (Å²) in [5.41, 5.74) is 0. The Balaban J connectivity index is 0. The van der Waals surface area contributed by atoms with Gasteiger partial charge in [0.25, 0.3) is 0 Å². The van der Waals surface area contributed by atoms with Gasteiger partial charge in [-0.1, -0.05) is 90.4 Å². The van der Waals surface area contributed by atoms with Gasteiger partial charge in [-0.15, -0.1) is 0 Å². The smallest absolute Gasteiger partial charge is 0.418 e. The Morgan fingerprint density at radius 3 is 0.962 bits per heavy atom. The maximum absolute atomic E-state index is 9.75. The highest BCUT2D eigenvalue weighted by Gasteiger charge is 2.20. The second-order valence-corrected chi connectivity index (χ2v) is 8.46. The molecule has 0 radical (unpaired) electrons. The van der Waals surface area contributed by atoms with Crippen molar-refractivity contribution in [2.24, 2.45) is 0 Å². The van der Waals surface area contributed by atoms with E-state index < -0.39 is 7.25 Å². The Morgan fingerprint density at radius 2 is 0.731 bits per heavy atom. The quantitative estimate of drug-likeness (QED) is 0.110. The summed E-state index contributed by atoms with van der Waals surface area (Å²) >= 11 is 0. The number of quaternary nitrogens is 1. The Labute approximate surface area is 160 Å². The van der Waals surface area contributed by atoms with Crippen molar-refractivity contribution in [2.45, 2.75) is 103 Å². The lowest BCUT2D eigenvalue weighted by Gasteiger charge is -2.23. The van der Waals surface area contributed by atoms with Crippen LogP contribution in [0, 0.1) is 0 Å². The SMILES string of the molecule is CCCCCCCCCCCCCCCCC[N+](C)(C)C.F[B-](F)(F)F.